The van der Waals surface area contributed by atoms with Crippen molar-refractivity contribution in [1.82, 2.24) is 19.2 Å². The van der Waals surface area contributed by atoms with Gasteiger partial charge in [0.25, 0.3) is 5.56 Å². The van der Waals surface area contributed by atoms with E-state index in [9.17, 15) is 22.8 Å². The molecule has 0 aliphatic heterocycles. The zero-order valence-corrected chi connectivity index (χ0v) is 17.5. The third-order valence-electron chi connectivity index (χ3n) is 4.92. The van der Waals surface area contributed by atoms with Crippen LogP contribution in [0.1, 0.15) is 24.7 Å². The number of carbonyl (C=O) groups is 1. The average Bonchev–Trinajstić information content (AvgIpc) is 3.16. The van der Waals surface area contributed by atoms with Gasteiger partial charge < -0.3 is 5.32 Å². The van der Waals surface area contributed by atoms with Crippen LogP contribution in [0, 0.1) is 0 Å². The molecule has 32 heavy (non-hydrogen) atoms. The van der Waals surface area contributed by atoms with Gasteiger partial charge in [-0.3, -0.25) is 18.6 Å². The Labute approximate surface area is 184 Å². The topological polar surface area (TPSA) is 81.3 Å². The van der Waals surface area contributed by atoms with Gasteiger partial charge in [-0.05, 0) is 36.8 Å². The summed E-state index contributed by atoms with van der Waals surface area (Å²) >= 11 is 5.96. The molecule has 0 radical (unpaired) electrons. The standard InChI is InChI=1S/C21H17ClF3N5O2/c1-2-5-17-27-28-19-20(32)29(15-6-3-4-7-16(15)30(17)19)11-18(31)26-14-10-12(21(23,24)25)8-9-13(14)22/h3-4,6-10H,2,5,11H2,1H3,(H,26,31). The number of aryl methyl sites for hydroxylation is 1. The second-order valence-electron chi connectivity index (χ2n) is 7.15. The molecule has 0 aliphatic rings. The average molecular weight is 464 g/mol. The highest BCUT2D eigenvalue weighted by molar-refractivity contribution is 6.33. The van der Waals surface area contributed by atoms with E-state index in [1.165, 1.54) is 4.57 Å². The third kappa shape index (κ3) is 3.93. The lowest BCUT2D eigenvalue weighted by atomic mass is 10.2. The van der Waals surface area contributed by atoms with E-state index in [0.29, 0.717) is 23.3 Å². The van der Waals surface area contributed by atoms with Crippen LogP contribution in [0.25, 0.3) is 16.7 Å². The predicted molar refractivity (Wildman–Crippen MR) is 114 cm³/mol. The Morgan fingerprint density at radius 1 is 1.12 bits per heavy atom. The number of para-hydroxylation sites is 2. The second kappa shape index (κ2) is 8.27. The van der Waals surface area contributed by atoms with Gasteiger partial charge in [0, 0.05) is 6.42 Å². The van der Waals surface area contributed by atoms with Crippen LogP contribution < -0.4 is 10.9 Å². The van der Waals surface area contributed by atoms with Crippen molar-refractivity contribution < 1.29 is 18.0 Å². The normalized spacial score (nSPS) is 11.9. The van der Waals surface area contributed by atoms with Crippen molar-refractivity contribution in [1.29, 1.82) is 0 Å². The summed E-state index contributed by atoms with van der Waals surface area (Å²) < 4.78 is 41.9. The van der Waals surface area contributed by atoms with Gasteiger partial charge >= 0.3 is 6.18 Å². The lowest BCUT2D eigenvalue weighted by Gasteiger charge is -2.14. The molecule has 4 rings (SSSR count). The number of hydrogen-bond acceptors (Lipinski definition) is 4. The van der Waals surface area contributed by atoms with Crippen molar-refractivity contribution in [2.75, 3.05) is 5.32 Å². The Hall–Kier alpha value is -3.40. The predicted octanol–water partition coefficient (Wildman–Crippen LogP) is 4.31. The van der Waals surface area contributed by atoms with Crippen molar-refractivity contribution >= 4 is 39.9 Å². The molecule has 0 aliphatic carbocycles. The first-order valence-electron chi connectivity index (χ1n) is 9.73. The number of nitrogens with one attached hydrogen (secondary N) is 1. The number of amides is 1. The van der Waals surface area contributed by atoms with E-state index in [4.69, 9.17) is 11.6 Å². The molecule has 2 heterocycles. The van der Waals surface area contributed by atoms with Gasteiger partial charge in [0.15, 0.2) is 0 Å². The fourth-order valence-electron chi connectivity index (χ4n) is 3.49. The van der Waals surface area contributed by atoms with E-state index in [0.717, 1.165) is 24.6 Å². The SMILES string of the molecule is CCCc1nnc2c(=O)n(CC(=O)Nc3cc(C(F)(F)F)ccc3Cl)c3ccccc3n12. The zero-order chi connectivity index (χ0) is 23.0. The van der Waals surface area contributed by atoms with Crippen molar-refractivity contribution in [2.24, 2.45) is 0 Å². The quantitative estimate of drug-likeness (QED) is 0.478. The Balaban J connectivity index is 1.74. The van der Waals surface area contributed by atoms with Gasteiger partial charge in [-0.15, -0.1) is 10.2 Å². The molecule has 7 nitrogen and oxygen atoms in total. The summed E-state index contributed by atoms with van der Waals surface area (Å²) in [5, 5.41) is 10.4. The highest BCUT2D eigenvalue weighted by Gasteiger charge is 2.31. The van der Waals surface area contributed by atoms with E-state index in [1.807, 2.05) is 6.92 Å². The van der Waals surface area contributed by atoms with Gasteiger partial charge in [-0.1, -0.05) is 30.7 Å². The van der Waals surface area contributed by atoms with Crippen molar-refractivity contribution in [3.8, 4) is 0 Å². The maximum Gasteiger partial charge on any atom is 0.416 e. The smallest absolute Gasteiger partial charge is 0.323 e. The van der Waals surface area contributed by atoms with Gasteiger partial charge in [0.2, 0.25) is 11.6 Å². The summed E-state index contributed by atoms with van der Waals surface area (Å²) in [6.07, 6.45) is -3.17. The van der Waals surface area contributed by atoms with Crippen molar-refractivity contribution in [3.63, 3.8) is 0 Å². The number of carbonyl (C=O) groups excluding carboxylic acids is 1. The number of aromatic nitrogens is 4. The monoisotopic (exact) mass is 463 g/mol. The van der Waals surface area contributed by atoms with Crippen LogP contribution >= 0.6 is 11.6 Å². The van der Waals surface area contributed by atoms with Gasteiger partial charge in [0.05, 0.1) is 27.3 Å². The molecule has 0 unspecified atom stereocenters. The molecule has 0 bridgehead atoms. The van der Waals surface area contributed by atoms with Crippen LogP contribution in [0.2, 0.25) is 5.02 Å². The molecular formula is C21H17ClF3N5O2. The number of fused-ring (bicyclic) bond motifs is 3. The van der Waals surface area contributed by atoms with Gasteiger partial charge in [-0.25, -0.2) is 0 Å². The molecule has 1 N–H and O–H groups in total. The molecular weight excluding hydrogens is 447 g/mol. The van der Waals surface area contributed by atoms with E-state index < -0.39 is 29.8 Å². The van der Waals surface area contributed by atoms with Crippen molar-refractivity contribution in [2.45, 2.75) is 32.5 Å². The van der Waals surface area contributed by atoms with E-state index in [-0.39, 0.29) is 16.4 Å². The number of halogens is 4. The molecule has 0 atom stereocenters. The minimum Gasteiger partial charge on any atom is -0.323 e. The van der Waals surface area contributed by atoms with E-state index in [1.54, 1.807) is 28.7 Å². The maximum absolute atomic E-state index is 13.1. The number of nitrogens with zero attached hydrogens (tertiary/aromatic N) is 4. The molecule has 4 aromatic rings. The first-order valence-corrected chi connectivity index (χ1v) is 10.1. The largest absolute Gasteiger partial charge is 0.416 e. The van der Waals surface area contributed by atoms with Crippen LogP contribution in [0.5, 0.6) is 0 Å². The fraction of sp³-hybridized carbons (Fsp3) is 0.238. The molecule has 0 saturated carbocycles. The summed E-state index contributed by atoms with van der Waals surface area (Å²) in [5.41, 5.74) is -0.514. The highest BCUT2D eigenvalue weighted by atomic mass is 35.5. The fourth-order valence-corrected chi connectivity index (χ4v) is 3.66. The van der Waals surface area contributed by atoms with Crippen LogP contribution in [0.4, 0.5) is 18.9 Å². The molecule has 1 amide bonds. The maximum atomic E-state index is 13.1. The van der Waals surface area contributed by atoms with Crippen LogP contribution in [0.15, 0.2) is 47.3 Å². The minimum atomic E-state index is -4.59. The Kier molecular flexibility index (Phi) is 5.64. The second-order valence-corrected chi connectivity index (χ2v) is 7.55. The van der Waals surface area contributed by atoms with Crippen LogP contribution in [-0.4, -0.2) is 25.1 Å². The number of hydrogen-bond donors (Lipinski definition) is 1. The van der Waals surface area contributed by atoms with Crippen molar-refractivity contribution in [3.05, 3.63) is 69.2 Å². The van der Waals surface area contributed by atoms with Gasteiger partial charge in [-0.2, -0.15) is 13.2 Å². The molecule has 11 heteroatoms. The minimum absolute atomic E-state index is 0.0549. The first-order chi connectivity index (χ1) is 15.2. The van der Waals surface area contributed by atoms with E-state index >= 15 is 0 Å². The summed E-state index contributed by atoms with van der Waals surface area (Å²) in [4.78, 5) is 25.8. The lowest BCUT2D eigenvalue weighted by molar-refractivity contribution is -0.137. The number of rotatable bonds is 5. The first kappa shape index (κ1) is 21.8. The molecule has 166 valence electrons. The van der Waals surface area contributed by atoms with E-state index in [2.05, 4.69) is 15.5 Å². The summed E-state index contributed by atoms with van der Waals surface area (Å²) in [6, 6.07) is 9.59. The Morgan fingerprint density at radius 2 is 1.84 bits per heavy atom. The summed E-state index contributed by atoms with van der Waals surface area (Å²) in [7, 11) is 0. The highest BCUT2D eigenvalue weighted by Crippen LogP contribution is 2.33. The molecule has 0 spiro atoms. The molecule has 0 fully saturated rings. The van der Waals surface area contributed by atoms with Gasteiger partial charge in [0.1, 0.15) is 12.4 Å². The zero-order valence-electron chi connectivity index (χ0n) is 16.8. The number of alkyl halides is 3. The third-order valence-corrected chi connectivity index (χ3v) is 5.25. The Bertz CT molecular complexity index is 1390. The Morgan fingerprint density at radius 3 is 2.53 bits per heavy atom. The van der Waals surface area contributed by atoms with Crippen LogP contribution in [0.3, 0.4) is 0 Å². The molecule has 0 saturated heterocycles. The molecule has 2 aromatic heterocycles. The molecule has 2 aromatic carbocycles. The van der Waals surface area contributed by atoms with Crippen LogP contribution in [-0.2, 0) is 23.9 Å². The summed E-state index contributed by atoms with van der Waals surface area (Å²) in [5.74, 6) is -0.0840. The number of anilines is 1. The summed E-state index contributed by atoms with van der Waals surface area (Å²) in [6.45, 7) is 1.53. The number of benzene rings is 2. The lowest BCUT2D eigenvalue weighted by Crippen LogP contribution is -2.29.